The number of hydrogen-bond donors (Lipinski definition) is 1. The summed E-state index contributed by atoms with van der Waals surface area (Å²) >= 11 is 0. The lowest BCUT2D eigenvalue weighted by atomic mass is 10.3. The molecule has 3 aromatic rings. The van der Waals surface area contributed by atoms with Crippen molar-refractivity contribution in [2.45, 2.75) is 0 Å². The van der Waals surface area contributed by atoms with Crippen LogP contribution in [0.3, 0.4) is 0 Å². The highest BCUT2D eigenvalue weighted by molar-refractivity contribution is 5.91. The molecular weight excluding hydrogens is 320 g/mol. The van der Waals surface area contributed by atoms with E-state index in [-0.39, 0.29) is 11.6 Å². The maximum atomic E-state index is 12.1. The molecule has 0 fully saturated rings. The molecule has 0 saturated heterocycles. The van der Waals surface area contributed by atoms with Crippen LogP contribution in [-0.2, 0) is 0 Å². The maximum absolute atomic E-state index is 12.1. The van der Waals surface area contributed by atoms with Crippen molar-refractivity contribution in [1.82, 2.24) is 20.3 Å². The fraction of sp³-hybridized carbons (Fsp3) is 0.167. The molecular formula is C18H18N4O3. The Kier molecular flexibility index (Phi) is 5.26. The Morgan fingerprint density at radius 3 is 2.72 bits per heavy atom. The van der Waals surface area contributed by atoms with Gasteiger partial charge in [-0.1, -0.05) is 24.3 Å². The Hall–Kier alpha value is -3.35. The first kappa shape index (κ1) is 16.5. The van der Waals surface area contributed by atoms with E-state index in [2.05, 4.69) is 15.5 Å². The smallest absolute Gasteiger partial charge is 0.273 e. The molecule has 1 N–H and O–H groups in total. The summed E-state index contributed by atoms with van der Waals surface area (Å²) in [4.78, 5) is 13.5. The number of ether oxygens (including phenoxy) is 2. The van der Waals surface area contributed by atoms with Gasteiger partial charge in [0.2, 0.25) is 0 Å². The van der Waals surface area contributed by atoms with Crippen LogP contribution in [0.15, 0.2) is 60.8 Å². The number of para-hydroxylation sites is 1. The third kappa shape index (κ3) is 4.35. The standard InChI is InChI=1S/C18H18N4O3/c1-24-15-8-5-9-16(12-15)25-11-10-19-18(23)17-13-20-22(21-17)14-6-3-2-4-7-14/h2-9,12-13H,10-11H2,1H3,(H,19,23). The summed E-state index contributed by atoms with van der Waals surface area (Å²) in [5, 5.41) is 11.0. The first-order chi connectivity index (χ1) is 12.3. The minimum atomic E-state index is -0.295. The first-order valence-electron chi connectivity index (χ1n) is 7.79. The topological polar surface area (TPSA) is 78.3 Å². The van der Waals surface area contributed by atoms with Crippen LogP contribution >= 0.6 is 0 Å². The number of benzene rings is 2. The molecule has 0 radical (unpaired) electrons. The van der Waals surface area contributed by atoms with E-state index in [0.717, 1.165) is 11.4 Å². The van der Waals surface area contributed by atoms with Gasteiger partial charge in [-0.25, -0.2) is 0 Å². The fourth-order valence-corrected chi connectivity index (χ4v) is 2.17. The Labute approximate surface area is 145 Å². The van der Waals surface area contributed by atoms with Crippen LogP contribution in [0.1, 0.15) is 10.5 Å². The molecule has 7 nitrogen and oxygen atoms in total. The summed E-state index contributed by atoms with van der Waals surface area (Å²) in [6, 6.07) is 16.7. The van der Waals surface area contributed by atoms with Gasteiger partial charge < -0.3 is 14.8 Å². The van der Waals surface area contributed by atoms with Crippen LogP contribution in [0.5, 0.6) is 11.5 Å². The summed E-state index contributed by atoms with van der Waals surface area (Å²) in [6.45, 7) is 0.694. The zero-order chi connectivity index (χ0) is 17.5. The molecule has 1 amide bonds. The van der Waals surface area contributed by atoms with E-state index < -0.39 is 0 Å². The highest BCUT2D eigenvalue weighted by Crippen LogP contribution is 2.18. The number of nitrogens with one attached hydrogen (secondary N) is 1. The molecule has 0 bridgehead atoms. The van der Waals surface area contributed by atoms with Crippen LogP contribution in [-0.4, -0.2) is 41.2 Å². The largest absolute Gasteiger partial charge is 0.497 e. The number of hydrogen-bond acceptors (Lipinski definition) is 5. The number of nitrogens with zero attached hydrogens (tertiary/aromatic N) is 3. The number of rotatable bonds is 7. The third-order valence-corrected chi connectivity index (χ3v) is 3.41. The van der Waals surface area contributed by atoms with Crippen LogP contribution < -0.4 is 14.8 Å². The molecule has 3 rings (SSSR count). The zero-order valence-corrected chi connectivity index (χ0v) is 13.8. The van der Waals surface area contributed by atoms with Gasteiger partial charge in [-0.15, -0.1) is 5.10 Å². The Morgan fingerprint density at radius 2 is 1.92 bits per heavy atom. The van der Waals surface area contributed by atoms with Gasteiger partial charge in [-0.3, -0.25) is 4.79 Å². The number of carbonyl (C=O) groups excluding carboxylic acids is 1. The second-order valence-corrected chi connectivity index (χ2v) is 5.14. The van der Waals surface area contributed by atoms with E-state index in [4.69, 9.17) is 9.47 Å². The normalized spacial score (nSPS) is 10.3. The average molecular weight is 338 g/mol. The lowest BCUT2D eigenvalue weighted by molar-refractivity contribution is 0.0941. The lowest BCUT2D eigenvalue weighted by Gasteiger charge is -2.08. The molecule has 128 valence electrons. The zero-order valence-electron chi connectivity index (χ0n) is 13.8. The van der Waals surface area contributed by atoms with Gasteiger partial charge in [0.1, 0.15) is 18.1 Å². The Morgan fingerprint density at radius 1 is 1.12 bits per heavy atom. The highest BCUT2D eigenvalue weighted by atomic mass is 16.5. The number of amides is 1. The van der Waals surface area contributed by atoms with Crippen LogP contribution in [0.4, 0.5) is 0 Å². The van der Waals surface area contributed by atoms with Crippen molar-refractivity contribution in [3.63, 3.8) is 0 Å². The first-order valence-corrected chi connectivity index (χ1v) is 7.79. The lowest BCUT2D eigenvalue weighted by Crippen LogP contribution is -2.28. The molecule has 0 atom stereocenters. The van der Waals surface area contributed by atoms with Crippen molar-refractivity contribution >= 4 is 5.91 Å². The third-order valence-electron chi connectivity index (χ3n) is 3.41. The van der Waals surface area contributed by atoms with Gasteiger partial charge in [-0.05, 0) is 24.3 Å². The van der Waals surface area contributed by atoms with E-state index in [1.807, 2.05) is 48.5 Å². The van der Waals surface area contributed by atoms with Crippen molar-refractivity contribution in [1.29, 1.82) is 0 Å². The maximum Gasteiger partial charge on any atom is 0.273 e. The molecule has 25 heavy (non-hydrogen) atoms. The molecule has 7 heteroatoms. The van der Waals surface area contributed by atoms with Gasteiger partial charge in [0, 0.05) is 6.07 Å². The molecule has 0 aliphatic rings. The SMILES string of the molecule is COc1cccc(OCCNC(=O)c2cnn(-c3ccccc3)n2)c1. The summed E-state index contributed by atoms with van der Waals surface area (Å²) in [5.41, 5.74) is 1.05. The molecule has 0 aliphatic carbocycles. The van der Waals surface area contributed by atoms with Gasteiger partial charge in [0.25, 0.3) is 5.91 Å². The Balaban J connectivity index is 1.49. The number of methoxy groups -OCH3 is 1. The van der Waals surface area contributed by atoms with Gasteiger partial charge in [0.05, 0.1) is 25.5 Å². The van der Waals surface area contributed by atoms with Crippen LogP contribution in [0.25, 0.3) is 5.69 Å². The fourth-order valence-electron chi connectivity index (χ4n) is 2.17. The second kappa shape index (κ2) is 7.96. The van der Waals surface area contributed by atoms with E-state index in [9.17, 15) is 4.79 Å². The van der Waals surface area contributed by atoms with Crippen molar-refractivity contribution in [3.8, 4) is 17.2 Å². The van der Waals surface area contributed by atoms with E-state index >= 15 is 0 Å². The van der Waals surface area contributed by atoms with E-state index in [1.165, 1.54) is 11.0 Å². The minimum absolute atomic E-state index is 0.255. The van der Waals surface area contributed by atoms with E-state index in [1.54, 1.807) is 13.2 Å². The summed E-state index contributed by atoms with van der Waals surface area (Å²) < 4.78 is 10.7. The highest BCUT2D eigenvalue weighted by Gasteiger charge is 2.10. The summed E-state index contributed by atoms with van der Waals surface area (Å²) in [6.07, 6.45) is 1.44. The van der Waals surface area contributed by atoms with Gasteiger partial charge >= 0.3 is 0 Å². The minimum Gasteiger partial charge on any atom is -0.497 e. The van der Waals surface area contributed by atoms with Gasteiger partial charge in [0.15, 0.2) is 5.69 Å². The predicted octanol–water partition coefficient (Wildman–Crippen LogP) is 2.08. The quantitative estimate of drug-likeness (QED) is 0.667. The van der Waals surface area contributed by atoms with E-state index in [0.29, 0.717) is 18.9 Å². The monoisotopic (exact) mass is 338 g/mol. The van der Waals surface area contributed by atoms with Crippen molar-refractivity contribution < 1.29 is 14.3 Å². The van der Waals surface area contributed by atoms with Crippen molar-refractivity contribution in [2.75, 3.05) is 20.3 Å². The summed E-state index contributed by atoms with van der Waals surface area (Å²) in [5.74, 6) is 1.11. The average Bonchev–Trinajstić information content (AvgIpc) is 3.16. The number of aromatic nitrogens is 3. The second-order valence-electron chi connectivity index (χ2n) is 5.14. The summed E-state index contributed by atoms with van der Waals surface area (Å²) in [7, 11) is 1.60. The number of carbonyl (C=O) groups is 1. The molecule has 0 unspecified atom stereocenters. The molecule has 2 aromatic carbocycles. The van der Waals surface area contributed by atoms with Crippen molar-refractivity contribution in [3.05, 3.63) is 66.5 Å². The molecule has 0 spiro atoms. The predicted molar refractivity (Wildman–Crippen MR) is 92.2 cm³/mol. The van der Waals surface area contributed by atoms with Crippen molar-refractivity contribution in [2.24, 2.45) is 0 Å². The molecule has 1 aromatic heterocycles. The Bertz CT molecular complexity index is 833. The molecule has 1 heterocycles. The molecule has 0 aliphatic heterocycles. The van der Waals surface area contributed by atoms with Gasteiger partial charge in [-0.2, -0.15) is 9.90 Å². The van der Waals surface area contributed by atoms with Crippen LogP contribution in [0, 0.1) is 0 Å². The van der Waals surface area contributed by atoms with Crippen LogP contribution in [0.2, 0.25) is 0 Å². The molecule has 0 saturated carbocycles.